The molecule has 0 unspecified atom stereocenters. The molecule has 4 heterocycles. The molecule has 210 valence electrons. The van der Waals surface area contributed by atoms with Gasteiger partial charge in [0.1, 0.15) is 6.61 Å². The number of aromatic nitrogens is 1. The van der Waals surface area contributed by atoms with E-state index in [0.717, 1.165) is 79.5 Å². The smallest absolute Gasteiger partial charge is 0.231 e. The van der Waals surface area contributed by atoms with Gasteiger partial charge >= 0.3 is 0 Å². The highest BCUT2D eigenvalue weighted by Crippen LogP contribution is 2.41. The molecule has 0 N–H and O–H groups in total. The van der Waals surface area contributed by atoms with Crippen molar-refractivity contribution in [3.63, 3.8) is 0 Å². The van der Waals surface area contributed by atoms with E-state index in [2.05, 4.69) is 39.9 Å². The van der Waals surface area contributed by atoms with Crippen LogP contribution in [0.1, 0.15) is 5.56 Å². The second-order valence-corrected chi connectivity index (χ2v) is 9.59. The number of rotatable bonds is 11. The van der Waals surface area contributed by atoms with Crippen molar-refractivity contribution < 1.29 is 50.1 Å². The van der Waals surface area contributed by atoms with Gasteiger partial charge in [0.2, 0.25) is 12.5 Å². The van der Waals surface area contributed by atoms with Crippen molar-refractivity contribution in [2.24, 2.45) is 0 Å². The molecule has 0 saturated carbocycles. The number of pyridine rings is 1. The molecule has 6 rings (SSSR count). The van der Waals surface area contributed by atoms with Gasteiger partial charge in [-0.3, -0.25) is 4.90 Å². The van der Waals surface area contributed by atoms with E-state index in [1.54, 1.807) is 7.11 Å². The summed E-state index contributed by atoms with van der Waals surface area (Å²) >= 11 is 0. The molecule has 9 nitrogen and oxygen atoms in total. The van der Waals surface area contributed by atoms with Crippen LogP contribution in [-0.4, -0.2) is 84.7 Å². The molecule has 3 aromatic rings. The zero-order valence-corrected chi connectivity index (χ0v) is 23.0. The first-order valence-corrected chi connectivity index (χ1v) is 13.4. The molecule has 3 aliphatic rings. The third kappa shape index (κ3) is 6.18. The van der Waals surface area contributed by atoms with Gasteiger partial charge in [0.05, 0.1) is 57.7 Å². The van der Waals surface area contributed by atoms with E-state index in [9.17, 15) is 0 Å². The molecular weight excluding hydrogens is 524 g/mol. The summed E-state index contributed by atoms with van der Waals surface area (Å²) in [7, 11) is 1.67. The summed E-state index contributed by atoms with van der Waals surface area (Å²) in [5.41, 5.74) is 3.62. The summed E-state index contributed by atoms with van der Waals surface area (Å²) in [4.78, 5) is 2.36. The Bertz CT molecular complexity index is 1280. The SMILES string of the molecule is COc1ccc2cc3[n+](cc2c1OCCOCCOCCN1CCOCC1)CCc1cc2c(cc1-3)OCO2.[Cl-]. The number of halogens is 1. The van der Waals surface area contributed by atoms with Gasteiger partial charge in [0.15, 0.2) is 35.7 Å². The predicted molar refractivity (Wildman–Crippen MR) is 140 cm³/mol. The summed E-state index contributed by atoms with van der Waals surface area (Å²) in [6.45, 7) is 8.42. The summed E-state index contributed by atoms with van der Waals surface area (Å²) in [6, 6.07) is 10.5. The lowest BCUT2D eigenvalue weighted by Gasteiger charge is -2.26. The standard InChI is InChI=1S/C29H35N2O7.ClH/c1-32-26-3-2-21-16-25-23-18-28-27(37-20-38-28)17-22(23)4-5-31(25)19-24(21)29(26)36-15-14-35-13-12-34-11-8-30-6-9-33-10-7-30;/h2-3,16-19H,4-15,20H2,1H3;1H/q+1;/p-1. The lowest BCUT2D eigenvalue weighted by molar-refractivity contribution is -0.686. The summed E-state index contributed by atoms with van der Waals surface area (Å²) < 4.78 is 42.2. The molecule has 1 fully saturated rings. The van der Waals surface area contributed by atoms with Gasteiger partial charge in [-0.1, -0.05) is 0 Å². The maximum Gasteiger partial charge on any atom is 0.231 e. The summed E-state index contributed by atoms with van der Waals surface area (Å²) in [5, 5.41) is 2.11. The number of morpholine rings is 1. The van der Waals surface area contributed by atoms with Crippen molar-refractivity contribution >= 4 is 10.8 Å². The van der Waals surface area contributed by atoms with Gasteiger partial charge in [-0.25, -0.2) is 0 Å². The van der Waals surface area contributed by atoms with E-state index >= 15 is 0 Å². The number of aryl methyl sites for hydroxylation is 2. The van der Waals surface area contributed by atoms with Gasteiger partial charge in [0.25, 0.3) is 0 Å². The Balaban J connectivity index is 0.00000308. The largest absolute Gasteiger partial charge is 1.00 e. The van der Waals surface area contributed by atoms with Gasteiger partial charge in [-0.05, 0) is 35.2 Å². The van der Waals surface area contributed by atoms with Crippen LogP contribution in [0.4, 0.5) is 0 Å². The van der Waals surface area contributed by atoms with E-state index in [0.29, 0.717) is 38.8 Å². The van der Waals surface area contributed by atoms with Crippen molar-refractivity contribution in [1.82, 2.24) is 4.90 Å². The fraction of sp³-hybridized carbons (Fsp3) is 0.483. The highest BCUT2D eigenvalue weighted by molar-refractivity contribution is 5.91. The minimum atomic E-state index is 0. The average Bonchev–Trinajstić information content (AvgIpc) is 3.42. The predicted octanol–water partition coefficient (Wildman–Crippen LogP) is -0.164. The van der Waals surface area contributed by atoms with E-state index in [1.807, 2.05) is 6.07 Å². The third-order valence-electron chi connectivity index (χ3n) is 7.30. The van der Waals surface area contributed by atoms with Crippen LogP contribution in [0.3, 0.4) is 0 Å². The van der Waals surface area contributed by atoms with Gasteiger partial charge < -0.3 is 45.6 Å². The number of methoxy groups -OCH3 is 1. The topological polar surface area (TPSA) is 71.7 Å². The van der Waals surface area contributed by atoms with Crippen LogP contribution < -0.4 is 35.9 Å². The Hall–Kier alpha value is -2.82. The van der Waals surface area contributed by atoms with E-state index in [-0.39, 0.29) is 19.2 Å². The van der Waals surface area contributed by atoms with Crippen LogP contribution in [0, 0.1) is 0 Å². The number of hydrogen-bond acceptors (Lipinski definition) is 8. The molecule has 1 aromatic heterocycles. The van der Waals surface area contributed by atoms with Crippen LogP contribution >= 0.6 is 0 Å². The highest BCUT2D eigenvalue weighted by Gasteiger charge is 2.28. The fourth-order valence-electron chi connectivity index (χ4n) is 5.25. The molecule has 1 saturated heterocycles. The molecule has 0 radical (unpaired) electrons. The Kier molecular flexibility index (Phi) is 9.26. The van der Waals surface area contributed by atoms with Crippen LogP contribution in [0.2, 0.25) is 0 Å². The molecule has 0 spiro atoms. The number of ether oxygens (including phenoxy) is 7. The van der Waals surface area contributed by atoms with Crippen molar-refractivity contribution in [2.45, 2.75) is 13.0 Å². The molecular formula is C29H35ClN2O7. The Morgan fingerprint density at radius 3 is 2.51 bits per heavy atom. The van der Waals surface area contributed by atoms with Crippen LogP contribution in [0.5, 0.6) is 23.0 Å². The fourth-order valence-corrected chi connectivity index (χ4v) is 5.25. The average molecular weight is 559 g/mol. The second kappa shape index (κ2) is 13.0. The second-order valence-electron chi connectivity index (χ2n) is 9.59. The van der Waals surface area contributed by atoms with Crippen LogP contribution in [-0.2, 0) is 27.2 Å². The van der Waals surface area contributed by atoms with Crippen molar-refractivity contribution in [1.29, 1.82) is 0 Å². The molecule has 0 atom stereocenters. The van der Waals surface area contributed by atoms with Crippen molar-refractivity contribution in [3.05, 3.63) is 42.1 Å². The summed E-state index contributed by atoms with van der Waals surface area (Å²) in [6.07, 6.45) is 3.09. The first kappa shape index (κ1) is 27.7. The lowest BCUT2D eigenvalue weighted by atomic mass is 9.95. The first-order chi connectivity index (χ1) is 18.8. The monoisotopic (exact) mass is 558 g/mol. The van der Waals surface area contributed by atoms with Crippen molar-refractivity contribution in [2.75, 3.05) is 79.8 Å². The molecule has 39 heavy (non-hydrogen) atoms. The maximum atomic E-state index is 6.21. The van der Waals surface area contributed by atoms with Gasteiger partial charge in [0, 0.05) is 32.1 Å². The van der Waals surface area contributed by atoms with Gasteiger partial charge in [-0.15, -0.1) is 0 Å². The lowest BCUT2D eigenvalue weighted by Crippen LogP contribution is -3.00. The molecule has 0 bridgehead atoms. The normalized spacial score (nSPS) is 15.9. The molecule has 3 aliphatic heterocycles. The minimum absolute atomic E-state index is 0. The van der Waals surface area contributed by atoms with E-state index < -0.39 is 0 Å². The van der Waals surface area contributed by atoms with E-state index in [1.165, 1.54) is 11.1 Å². The Labute approximate surface area is 234 Å². The zero-order chi connectivity index (χ0) is 25.7. The summed E-state index contributed by atoms with van der Waals surface area (Å²) in [5.74, 6) is 3.09. The van der Waals surface area contributed by atoms with E-state index in [4.69, 9.17) is 33.2 Å². The van der Waals surface area contributed by atoms with Crippen LogP contribution in [0.25, 0.3) is 22.0 Å². The van der Waals surface area contributed by atoms with Crippen LogP contribution in [0.15, 0.2) is 36.5 Å². The minimum Gasteiger partial charge on any atom is -1.00 e. The molecule has 0 aliphatic carbocycles. The number of benzene rings is 2. The van der Waals surface area contributed by atoms with Gasteiger partial charge in [-0.2, -0.15) is 4.57 Å². The third-order valence-corrected chi connectivity index (χ3v) is 7.30. The molecule has 0 amide bonds. The molecule has 10 heteroatoms. The molecule has 2 aromatic carbocycles. The quantitative estimate of drug-likeness (QED) is 0.237. The highest BCUT2D eigenvalue weighted by atomic mass is 35.5. The number of nitrogens with zero attached hydrogens (tertiary/aromatic N) is 2. The maximum absolute atomic E-state index is 6.21. The Morgan fingerprint density at radius 1 is 0.923 bits per heavy atom. The van der Waals surface area contributed by atoms with Crippen molar-refractivity contribution in [3.8, 4) is 34.3 Å². The number of fused-ring (bicyclic) bond motifs is 5. The zero-order valence-electron chi connectivity index (χ0n) is 22.3. The first-order valence-electron chi connectivity index (χ1n) is 13.4. The number of hydrogen-bond donors (Lipinski definition) is 0. The Morgan fingerprint density at radius 2 is 1.69 bits per heavy atom.